The first kappa shape index (κ1) is 15.3. The molecule has 2 atom stereocenters. The predicted molar refractivity (Wildman–Crippen MR) is 86.3 cm³/mol. The third-order valence-electron chi connectivity index (χ3n) is 4.99. The molecule has 1 amide bonds. The fourth-order valence-corrected chi connectivity index (χ4v) is 3.72. The van der Waals surface area contributed by atoms with Crippen molar-refractivity contribution in [2.45, 2.75) is 57.5 Å². The molecule has 1 aromatic rings. The zero-order chi connectivity index (χ0) is 15.4. The summed E-state index contributed by atoms with van der Waals surface area (Å²) >= 11 is 0. The fourth-order valence-electron chi connectivity index (χ4n) is 3.72. The van der Waals surface area contributed by atoms with Crippen LogP contribution >= 0.6 is 0 Å². The van der Waals surface area contributed by atoms with Crippen molar-refractivity contribution in [3.63, 3.8) is 0 Å². The topological polar surface area (TPSA) is 41.6 Å². The van der Waals surface area contributed by atoms with Gasteiger partial charge in [0.15, 0.2) is 0 Å². The van der Waals surface area contributed by atoms with Gasteiger partial charge in [0.1, 0.15) is 6.61 Å². The highest BCUT2D eigenvalue weighted by atomic mass is 16.6. The molecule has 2 aliphatic rings. The van der Waals surface area contributed by atoms with Gasteiger partial charge < -0.3 is 4.74 Å². The second-order valence-electron chi connectivity index (χ2n) is 6.48. The molecule has 1 saturated carbocycles. The Labute approximate surface area is 132 Å². The number of rotatable bonds is 6. The lowest BCUT2D eigenvalue weighted by Crippen LogP contribution is -2.52. The van der Waals surface area contributed by atoms with Crippen LogP contribution in [0.2, 0.25) is 0 Å². The van der Waals surface area contributed by atoms with Crippen LogP contribution in [0.3, 0.4) is 0 Å². The van der Waals surface area contributed by atoms with Gasteiger partial charge in [-0.05, 0) is 37.2 Å². The number of nitrogens with zero attached hydrogens (tertiary/aromatic N) is 1. The van der Waals surface area contributed by atoms with E-state index in [1.165, 1.54) is 31.2 Å². The lowest BCUT2D eigenvalue weighted by Gasteiger charge is -2.31. The third-order valence-corrected chi connectivity index (χ3v) is 4.99. The first-order valence-corrected chi connectivity index (χ1v) is 8.54. The fraction of sp³-hybridized carbons (Fsp3) is 0.611. The lowest BCUT2D eigenvalue weighted by molar-refractivity contribution is 0.118. The maximum atomic E-state index is 12.1. The van der Waals surface area contributed by atoms with E-state index in [9.17, 15) is 4.79 Å². The minimum absolute atomic E-state index is 0.0883. The van der Waals surface area contributed by atoms with Crippen molar-refractivity contribution in [1.82, 2.24) is 10.4 Å². The summed E-state index contributed by atoms with van der Waals surface area (Å²) in [7, 11) is 0. The standard InChI is InChI=1S/C18H26N2O2/c1-2-17(15-10-6-7-11-15)19-20-16(13-22-18(20)21)12-14-8-4-3-5-9-14/h3-5,8-9,15-17,19H,2,6-7,10-13H2,1H3/t16-,17-/m0/s1. The zero-order valence-electron chi connectivity index (χ0n) is 13.3. The smallest absolute Gasteiger partial charge is 0.424 e. The molecular weight excluding hydrogens is 276 g/mol. The van der Waals surface area contributed by atoms with E-state index in [2.05, 4.69) is 24.5 Å². The molecule has 1 aromatic carbocycles. The quantitative estimate of drug-likeness (QED) is 0.874. The van der Waals surface area contributed by atoms with E-state index in [-0.39, 0.29) is 12.1 Å². The number of cyclic esters (lactones) is 1. The van der Waals surface area contributed by atoms with Gasteiger partial charge in [0.25, 0.3) is 0 Å². The maximum Gasteiger partial charge on any atom is 0.424 e. The summed E-state index contributed by atoms with van der Waals surface area (Å²) in [5.74, 6) is 0.691. The van der Waals surface area contributed by atoms with E-state index in [1.54, 1.807) is 5.01 Å². The number of hydrogen-bond acceptors (Lipinski definition) is 3. The Morgan fingerprint density at radius 3 is 2.68 bits per heavy atom. The van der Waals surface area contributed by atoms with Gasteiger partial charge in [-0.2, -0.15) is 0 Å². The molecule has 0 radical (unpaired) electrons. The van der Waals surface area contributed by atoms with Gasteiger partial charge in [-0.3, -0.25) is 0 Å². The van der Waals surface area contributed by atoms with E-state index >= 15 is 0 Å². The number of hydrogen-bond donors (Lipinski definition) is 1. The van der Waals surface area contributed by atoms with Crippen molar-refractivity contribution >= 4 is 6.09 Å². The second kappa shape index (κ2) is 7.14. The minimum atomic E-state index is -0.225. The molecule has 4 nitrogen and oxygen atoms in total. The molecule has 1 aliphatic heterocycles. The van der Waals surface area contributed by atoms with Crippen molar-refractivity contribution in [3.8, 4) is 0 Å². The Balaban J connectivity index is 1.65. The molecule has 1 saturated heterocycles. The average molecular weight is 302 g/mol. The molecule has 1 aliphatic carbocycles. The molecule has 3 rings (SSSR count). The number of hydrazine groups is 1. The Kier molecular flexibility index (Phi) is 4.98. The first-order valence-electron chi connectivity index (χ1n) is 8.54. The summed E-state index contributed by atoms with van der Waals surface area (Å²) in [6, 6.07) is 10.8. The van der Waals surface area contributed by atoms with Gasteiger partial charge in [0.05, 0.1) is 6.04 Å². The van der Waals surface area contributed by atoms with Crippen molar-refractivity contribution in [2.75, 3.05) is 6.61 Å². The number of ether oxygens (including phenoxy) is 1. The van der Waals surface area contributed by atoms with Crippen molar-refractivity contribution in [2.24, 2.45) is 5.92 Å². The lowest BCUT2D eigenvalue weighted by atomic mass is 9.96. The number of amides is 1. The molecule has 22 heavy (non-hydrogen) atoms. The Morgan fingerprint density at radius 1 is 1.27 bits per heavy atom. The van der Waals surface area contributed by atoms with Gasteiger partial charge in [0, 0.05) is 6.04 Å². The van der Waals surface area contributed by atoms with Crippen LogP contribution in [0, 0.1) is 5.92 Å². The van der Waals surface area contributed by atoms with Gasteiger partial charge in [-0.25, -0.2) is 15.2 Å². The van der Waals surface area contributed by atoms with Crippen LogP contribution in [0.5, 0.6) is 0 Å². The van der Waals surface area contributed by atoms with E-state index in [4.69, 9.17) is 4.74 Å². The molecular formula is C18H26N2O2. The molecule has 0 aromatic heterocycles. The summed E-state index contributed by atoms with van der Waals surface area (Å²) in [4.78, 5) is 12.1. The molecule has 2 fully saturated rings. The van der Waals surface area contributed by atoms with Gasteiger partial charge in [-0.15, -0.1) is 0 Å². The van der Waals surface area contributed by atoms with Crippen LogP contribution in [0.4, 0.5) is 4.79 Å². The normalized spacial score (nSPS) is 23.8. The number of carbonyl (C=O) groups excluding carboxylic acids is 1. The van der Waals surface area contributed by atoms with Gasteiger partial charge in [0.2, 0.25) is 0 Å². The average Bonchev–Trinajstić information content (AvgIpc) is 3.18. The number of benzene rings is 1. The van der Waals surface area contributed by atoms with Crippen molar-refractivity contribution in [3.05, 3.63) is 35.9 Å². The van der Waals surface area contributed by atoms with Crippen LogP contribution in [0.15, 0.2) is 30.3 Å². The summed E-state index contributed by atoms with van der Waals surface area (Å²) in [6.45, 7) is 2.67. The summed E-state index contributed by atoms with van der Waals surface area (Å²) < 4.78 is 5.28. The van der Waals surface area contributed by atoms with Crippen LogP contribution in [-0.4, -0.2) is 29.8 Å². The van der Waals surface area contributed by atoms with Crippen LogP contribution in [0.1, 0.15) is 44.6 Å². The second-order valence-corrected chi connectivity index (χ2v) is 6.48. The zero-order valence-corrected chi connectivity index (χ0v) is 13.3. The highest BCUT2D eigenvalue weighted by molar-refractivity contribution is 5.69. The highest BCUT2D eigenvalue weighted by Crippen LogP contribution is 2.29. The molecule has 0 bridgehead atoms. The molecule has 1 heterocycles. The maximum absolute atomic E-state index is 12.1. The van der Waals surface area contributed by atoms with E-state index in [0.717, 1.165) is 12.8 Å². The van der Waals surface area contributed by atoms with Crippen molar-refractivity contribution < 1.29 is 9.53 Å². The largest absolute Gasteiger partial charge is 0.446 e. The Hall–Kier alpha value is -1.55. The molecule has 0 unspecified atom stereocenters. The Morgan fingerprint density at radius 2 is 2.00 bits per heavy atom. The summed E-state index contributed by atoms with van der Waals surface area (Å²) in [6.07, 6.45) is 6.85. The number of nitrogens with one attached hydrogen (secondary N) is 1. The van der Waals surface area contributed by atoms with E-state index in [0.29, 0.717) is 18.6 Å². The SMILES string of the molecule is CC[C@H](NN1C(=O)OC[C@@H]1Cc1ccccc1)C1CCCC1. The predicted octanol–water partition coefficient (Wildman–Crippen LogP) is 3.52. The van der Waals surface area contributed by atoms with E-state index in [1.807, 2.05) is 18.2 Å². The van der Waals surface area contributed by atoms with E-state index < -0.39 is 0 Å². The highest BCUT2D eigenvalue weighted by Gasteiger charge is 2.36. The van der Waals surface area contributed by atoms with Gasteiger partial charge in [-0.1, -0.05) is 50.1 Å². The summed E-state index contributed by atoms with van der Waals surface area (Å²) in [5.41, 5.74) is 4.73. The first-order chi connectivity index (χ1) is 10.8. The molecule has 1 N–H and O–H groups in total. The minimum Gasteiger partial charge on any atom is -0.446 e. The van der Waals surface area contributed by atoms with Crippen molar-refractivity contribution in [1.29, 1.82) is 0 Å². The summed E-state index contributed by atoms with van der Waals surface area (Å²) in [5, 5.41) is 1.75. The van der Waals surface area contributed by atoms with Gasteiger partial charge >= 0.3 is 6.09 Å². The molecule has 120 valence electrons. The monoisotopic (exact) mass is 302 g/mol. The molecule has 4 heteroatoms. The third kappa shape index (κ3) is 3.43. The van der Waals surface area contributed by atoms with Crippen LogP contribution < -0.4 is 5.43 Å². The van der Waals surface area contributed by atoms with Crippen LogP contribution in [-0.2, 0) is 11.2 Å². The number of carbonyl (C=O) groups is 1. The Bertz CT molecular complexity index is 485. The van der Waals surface area contributed by atoms with Crippen LogP contribution in [0.25, 0.3) is 0 Å². The molecule has 0 spiro atoms.